The highest BCUT2D eigenvalue weighted by molar-refractivity contribution is 5.71. The Balaban J connectivity index is 1.82. The van der Waals surface area contributed by atoms with Crippen molar-refractivity contribution in [1.82, 2.24) is 0 Å². The SMILES string of the molecule is COC(=O)C(C)COCc1ccc2c(c1)OCO2. The molecule has 1 atom stereocenters. The minimum Gasteiger partial charge on any atom is -0.469 e. The van der Waals surface area contributed by atoms with Gasteiger partial charge in [0.15, 0.2) is 11.5 Å². The summed E-state index contributed by atoms with van der Waals surface area (Å²) in [4.78, 5) is 11.2. The van der Waals surface area contributed by atoms with Crippen LogP contribution in [-0.4, -0.2) is 26.5 Å². The summed E-state index contributed by atoms with van der Waals surface area (Å²) in [6.07, 6.45) is 0. The highest BCUT2D eigenvalue weighted by atomic mass is 16.7. The average molecular weight is 252 g/mol. The molecule has 5 nitrogen and oxygen atoms in total. The third kappa shape index (κ3) is 2.92. The summed E-state index contributed by atoms with van der Waals surface area (Å²) in [5, 5.41) is 0. The molecule has 5 heteroatoms. The number of ether oxygens (including phenoxy) is 4. The molecule has 2 rings (SSSR count). The van der Waals surface area contributed by atoms with Gasteiger partial charge in [0.05, 0.1) is 26.2 Å². The molecule has 0 aromatic heterocycles. The maximum absolute atomic E-state index is 11.2. The fraction of sp³-hybridized carbons (Fsp3) is 0.462. The Bertz CT molecular complexity index is 429. The van der Waals surface area contributed by atoms with Gasteiger partial charge < -0.3 is 18.9 Å². The molecular formula is C13H16O5. The zero-order chi connectivity index (χ0) is 13.0. The van der Waals surface area contributed by atoms with Crippen molar-refractivity contribution in [2.45, 2.75) is 13.5 Å². The smallest absolute Gasteiger partial charge is 0.310 e. The van der Waals surface area contributed by atoms with E-state index < -0.39 is 0 Å². The molecule has 0 aliphatic carbocycles. The van der Waals surface area contributed by atoms with Crippen LogP contribution >= 0.6 is 0 Å². The maximum Gasteiger partial charge on any atom is 0.310 e. The van der Waals surface area contributed by atoms with Crippen LogP contribution in [0.5, 0.6) is 11.5 Å². The van der Waals surface area contributed by atoms with Gasteiger partial charge in [-0.25, -0.2) is 0 Å². The van der Waals surface area contributed by atoms with E-state index in [-0.39, 0.29) is 18.7 Å². The van der Waals surface area contributed by atoms with Crippen molar-refractivity contribution in [3.63, 3.8) is 0 Å². The molecule has 1 aliphatic rings. The molecule has 98 valence electrons. The van der Waals surface area contributed by atoms with Crippen molar-refractivity contribution in [1.29, 1.82) is 0 Å². The maximum atomic E-state index is 11.2. The molecule has 0 radical (unpaired) electrons. The number of esters is 1. The first kappa shape index (κ1) is 12.7. The van der Waals surface area contributed by atoms with Gasteiger partial charge in [-0.1, -0.05) is 6.07 Å². The fourth-order valence-electron chi connectivity index (χ4n) is 1.65. The molecule has 0 saturated carbocycles. The summed E-state index contributed by atoms with van der Waals surface area (Å²) in [6.45, 7) is 2.80. The van der Waals surface area contributed by atoms with Gasteiger partial charge in [-0.05, 0) is 24.6 Å². The topological polar surface area (TPSA) is 54.0 Å². The van der Waals surface area contributed by atoms with Crippen molar-refractivity contribution >= 4 is 5.97 Å². The third-order valence-electron chi connectivity index (χ3n) is 2.68. The van der Waals surface area contributed by atoms with E-state index in [1.807, 2.05) is 18.2 Å². The van der Waals surface area contributed by atoms with Gasteiger partial charge in [0.2, 0.25) is 6.79 Å². The molecule has 0 spiro atoms. The molecule has 0 amide bonds. The van der Waals surface area contributed by atoms with Gasteiger partial charge in [0, 0.05) is 0 Å². The first-order chi connectivity index (χ1) is 8.70. The number of hydrogen-bond acceptors (Lipinski definition) is 5. The highest BCUT2D eigenvalue weighted by Crippen LogP contribution is 2.32. The Labute approximate surface area is 106 Å². The lowest BCUT2D eigenvalue weighted by Gasteiger charge is -2.10. The van der Waals surface area contributed by atoms with Gasteiger partial charge in [0.25, 0.3) is 0 Å². The lowest BCUT2D eigenvalue weighted by Crippen LogP contribution is -2.18. The molecule has 0 N–H and O–H groups in total. The molecule has 0 bridgehead atoms. The van der Waals surface area contributed by atoms with Crippen molar-refractivity contribution in [3.8, 4) is 11.5 Å². The molecule has 1 aromatic carbocycles. The molecule has 0 saturated heterocycles. The van der Waals surface area contributed by atoms with E-state index >= 15 is 0 Å². The number of hydrogen-bond donors (Lipinski definition) is 0. The van der Waals surface area contributed by atoms with Crippen LogP contribution in [0.15, 0.2) is 18.2 Å². The highest BCUT2D eigenvalue weighted by Gasteiger charge is 2.15. The Kier molecular flexibility index (Phi) is 4.04. The van der Waals surface area contributed by atoms with Crippen molar-refractivity contribution < 1.29 is 23.7 Å². The van der Waals surface area contributed by atoms with E-state index in [9.17, 15) is 4.79 Å². The Morgan fingerprint density at radius 1 is 1.39 bits per heavy atom. The second-order valence-electron chi connectivity index (χ2n) is 4.13. The first-order valence-corrected chi connectivity index (χ1v) is 5.75. The lowest BCUT2D eigenvalue weighted by molar-refractivity contribution is -0.147. The fourth-order valence-corrected chi connectivity index (χ4v) is 1.65. The summed E-state index contributed by atoms with van der Waals surface area (Å²) in [5.41, 5.74) is 0.983. The van der Waals surface area contributed by atoms with Gasteiger partial charge in [-0.2, -0.15) is 0 Å². The van der Waals surface area contributed by atoms with Gasteiger partial charge >= 0.3 is 5.97 Å². The summed E-state index contributed by atoms with van der Waals surface area (Å²) in [6, 6.07) is 5.65. The van der Waals surface area contributed by atoms with Crippen LogP contribution in [-0.2, 0) is 20.9 Å². The summed E-state index contributed by atoms with van der Waals surface area (Å²) in [5.74, 6) is 0.962. The molecule has 0 fully saturated rings. The van der Waals surface area contributed by atoms with Crippen molar-refractivity contribution in [2.75, 3.05) is 20.5 Å². The normalized spacial score (nSPS) is 14.3. The number of rotatable bonds is 5. The van der Waals surface area contributed by atoms with Crippen LogP contribution in [0.25, 0.3) is 0 Å². The summed E-state index contributed by atoms with van der Waals surface area (Å²) >= 11 is 0. The number of benzene rings is 1. The molecule has 18 heavy (non-hydrogen) atoms. The third-order valence-corrected chi connectivity index (χ3v) is 2.68. The van der Waals surface area contributed by atoms with E-state index in [4.69, 9.17) is 14.2 Å². The molecule has 1 aliphatic heterocycles. The Hall–Kier alpha value is -1.75. The van der Waals surface area contributed by atoms with Gasteiger partial charge in [0.1, 0.15) is 0 Å². The predicted octanol–water partition coefficient (Wildman–Crippen LogP) is 1.74. The van der Waals surface area contributed by atoms with E-state index in [1.54, 1.807) is 6.92 Å². The van der Waals surface area contributed by atoms with E-state index in [0.29, 0.717) is 13.2 Å². The summed E-state index contributed by atoms with van der Waals surface area (Å²) < 4.78 is 20.6. The van der Waals surface area contributed by atoms with Crippen LogP contribution in [0.3, 0.4) is 0 Å². The van der Waals surface area contributed by atoms with Crippen molar-refractivity contribution in [2.24, 2.45) is 5.92 Å². The molecular weight excluding hydrogens is 236 g/mol. The van der Waals surface area contributed by atoms with Crippen molar-refractivity contribution in [3.05, 3.63) is 23.8 Å². The standard InChI is InChI=1S/C13H16O5/c1-9(13(14)15-2)6-16-7-10-3-4-11-12(5-10)18-8-17-11/h3-5,9H,6-8H2,1-2H3. The van der Waals surface area contributed by atoms with Crippen LogP contribution < -0.4 is 9.47 Å². The molecule has 1 aromatic rings. The van der Waals surface area contributed by atoms with E-state index in [0.717, 1.165) is 17.1 Å². The first-order valence-electron chi connectivity index (χ1n) is 5.75. The number of carbonyl (C=O) groups excluding carboxylic acids is 1. The minimum atomic E-state index is -0.263. The van der Waals surface area contributed by atoms with Gasteiger partial charge in [-0.15, -0.1) is 0 Å². The minimum absolute atomic E-state index is 0.260. The monoisotopic (exact) mass is 252 g/mol. The van der Waals surface area contributed by atoms with E-state index in [1.165, 1.54) is 7.11 Å². The second kappa shape index (κ2) is 5.73. The van der Waals surface area contributed by atoms with Crippen LogP contribution in [0.4, 0.5) is 0 Å². The lowest BCUT2D eigenvalue weighted by atomic mass is 10.2. The van der Waals surface area contributed by atoms with Gasteiger partial charge in [-0.3, -0.25) is 4.79 Å². The number of fused-ring (bicyclic) bond motifs is 1. The van der Waals surface area contributed by atoms with E-state index in [2.05, 4.69) is 4.74 Å². The van der Waals surface area contributed by atoms with Crippen LogP contribution in [0, 0.1) is 5.92 Å². The predicted molar refractivity (Wildman–Crippen MR) is 63.4 cm³/mol. The second-order valence-corrected chi connectivity index (χ2v) is 4.13. The van der Waals surface area contributed by atoms with Crippen LogP contribution in [0.2, 0.25) is 0 Å². The average Bonchev–Trinajstić information content (AvgIpc) is 2.85. The van der Waals surface area contributed by atoms with Crippen LogP contribution in [0.1, 0.15) is 12.5 Å². The Morgan fingerprint density at radius 2 is 2.17 bits per heavy atom. The molecule has 1 unspecified atom stereocenters. The molecule has 1 heterocycles. The zero-order valence-corrected chi connectivity index (χ0v) is 10.5. The Morgan fingerprint density at radius 3 is 2.94 bits per heavy atom. The summed E-state index contributed by atoms with van der Waals surface area (Å²) in [7, 11) is 1.37. The number of carbonyl (C=O) groups is 1. The zero-order valence-electron chi connectivity index (χ0n) is 10.5. The largest absolute Gasteiger partial charge is 0.469 e. The quantitative estimate of drug-likeness (QED) is 0.747. The number of methoxy groups -OCH3 is 1.